The van der Waals surface area contributed by atoms with Gasteiger partial charge in [-0.1, -0.05) is 19.8 Å². The fraction of sp³-hybridized carbons (Fsp3) is 0.500. The molecular weight excluding hydrogens is 292 g/mol. The Balaban J connectivity index is 2.39. The monoisotopic (exact) mass is 310 g/mol. The Labute approximate surface area is 126 Å². The minimum Gasteiger partial charge on any atom is -0.503 e. The fourth-order valence-electron chi connectivity index (χ4n) is 2.52. The van der Waals surface area contributed by atoms with E-state index in [2.05, 4.69) is 4.98 Å². The number of carboxylic acids is 1. The van der Waals surface area contributed by atoms with E-state index >= 15 is 0 Å². The highest BCUT2D eigenvalue weighted by molar-refractivity contribution is 7.09. The quantitative estimate of drug-likeness (QED) is 0.842. The molecule has 0 fully saturated rings. The molecular formula is C14H18N2O4S. The van der Waals surface area contributed by atoms with E-state index in [-0.39, 0.29) is 5.76 Å². The first-order chi connectivity index (χ1) is 9.99. The minimum atomic E-state index is -1.05. The third-order valence-electron chi connectivity index (χ3n) is 3.64. The number of rotatable bonds is 6. The highest BCUT2D eigenvalue weighted by Crippen LogP contribution is 2.39. The van der Waals surface area contributed by atoms with Crippen LogP contribution in [0.5, 0.6) is 0 Å². The Morgan fingerprint density at radius 3 is 2.81 bits per heavy atom. The fourth-order valence-corrected chi connectivity index (χ4v) is 3.32. The number of carbonyl (C=O) groups is 2. The van der Waals surface area contributed by atoms with Crippen molar-refractivity contribution in [2.45, 2.75) is 45.2 Å². The van der Waals surface area contributed by atoms with E-state index in [1.54, 1.807) is 18.5 Å². The summed E-state index contributed by atoms with van der Waals surface area (Å²) in [6.07, 6.45) is 3.50. The molecule has 1 aromatic heterocycles. The molecule has 21 heavy (non-hydrogen) atoms. The highest BCUT2D eigenvalue weighted by Gasteiger charge is 2.45. The van der Waals surface area contributed by atoms with Crippen molar-refractivity contribution in [2.75, 3.05) is 0 Å². The normalized spacial score (nSPS) is 20.2. The smallest absolute Gasteiger partial charge is 0.326 e. The lowest BCUT2D eigenvalue weighted by molar-refractivity contribution is -0.150. The number of aliphatic carboxylic acids is 1. The lowest BCUT2D eigenvalue weighted by atomic mass is 10.1. The second-order valence-electron chi connectivity index (χ2n) is 5.01. The van der Waals surface area contributed by atoms with E-state index in [0.717, 1.165) is 6.42 Å². The van der Waals surface area contributed by atoms with Crippen LogP contribution in [0.15, 0.2) is 22.9 Å². The molecule has 7 heteroatoms. The summed E-state index contributed by atoms with van der Waals surface area (Å²) in [6, 6.07) is -1.54. The van der Waals surface area contributed by atoms with Gasteiger partial charge < -0.3 is 15.1 Å². The van der Waals surface area contributed by atoms with E-state index in [1.165, 1.54) is 16.2 Å². The van der Waals surface area contributed by atoms with Crippen LogP contribution >= 0.6 is 11.3 Å². The molecule has 2 unspecified atom stereocenters. The number of nitrogens with zero attached hydrogens (tertiary/aromatic N) is 2. The number of hydrogen-bond acceptors (Lipinski definition) is 5. The summed E-state index contributed by atoms with van der Waals surface area (Å²) in [5.41, 5.74) is 0.456. The number of aliphatic hydroxyl groups excluding tert-OH is 1. The topological polar surface area (TPSA) is 90.7 Å². The first kappa shape index (κ1) is 15.5. The van der Waals surface area contributed by atoms with Crippen LogP contribution in [0.2, 0.25) is 0 Å². The first-order valence-corrected chi connectivity index (χ1v) is 7.71. The van der Waals surface area contributed by atoms with Crippen LogP contribution < -0.4 is 0 Å². The Morgan fingerprint density at radius 2 is 2.29 bits per heavy atom. The summed E-state index contributed by atoms with van der Waals surface area (Å²) in [5.74, 6) is -2.05. The van der Waals surface area contributed by atoms with Gasteiger partial charge in [-0.25, -0.2) is 9.78 Å². The van der Waals surface area contributed by atoms with Crippen LogP contribution in [0, 0.1) is 0 Å². The van der Waals surface area contributed by atoms with Gasteiger partial charge in [0.2, 0.25) is 0 Å². The van der Waals surface area contributed by atoms with Crippen molar-refractivity contribution in [3.63, 3.8) is 0 Å². The number of thiazole rings is 1. The lowest BCUT2D eigenvalue weighted by Crippen LogP contribution is -2.44. The zero-order valence-corrected chi connectivity index (χ0v) is 12.8. The Hall–Kier alpha value is -1.89. The molecule has 1 aliphatic rings. The maximum absolute atomic E-state index is 12.3. The largest absolute Gasteiger partial charge is 0.503 e. The first-order valence-electron chi connectivity index (χ1n) is 6.83. The Bertz CT molecular complexity index is 568. The molecule has 0 spiro atoms. The minimum absolute atomic E-state index is 0.361. The van der Waals surface area contributed by atoms with Crippen LogP contribution in [0.1, 0.15) is 44.2 Å². The van der Waals surface area contributed by atoms with Gasteiger partial charge in [0.15, 0.2) is 5.76 Å². The van der Waals surface area contributed by atoms with Crippen molar-refractivity contribution in [1.29, 1.82) is 0 Å². The highest BCUT2D eigenvalue weighted by atomic mass is 32.1. The summed E-state index contributed by atoms with van der Waals surface area (Å²) < 4.78 is 0. The Morgan fingerprint density at radius 1 is 1.57 bits per heavy atom. The predicted molar refractivity (Wildman–Crippen MR) is 78.0 cm³/mol. The molecule has 6 nitrogen and oxygen atoms in total. The number of unbranched alkanes of at least 4 members (excludes halogenated alkanes) is 1. The number of hydrogen-bond donors (Lipinski definition) is 2. The molecule has 0 saturated carbocycles. The summed E-state index contributed by atoms with van der Waals surface area (Å²) in [4.78, 5) is 29.2. The van der Waals surface area contributed by atoms with Gasteiger partial charge in [0, 0.05) is 17.2 Å². The van der Waals surface area contributed by atoms with Gasteiger partial charge >= 0.3 is 5.97 Å². The van der Waals surface area contributed by atoms with Gasteiger partial charge in [0.25, 0.3) is 5.91 Å². The van der Waals surface area contributed by atoms with Crippen molar-refractivity contribution in [3.8, 4) is 0 Å². The van der Waals surface area contributed by atoms with Gasteiger partial charge in [-0.3, -0.25) is 4.79 Å². The number of carboxylic acid groups (broad SMARTS) is 1. The number of aromatic nitrogens is 1. The zero-order chi connectivity index (χ0) is 15.6. The molecule has 114 valence electrons. The molecule has 0 aliphatic carbocycles. The maximum Gasteiger partial charge on any atom is 0.326 e. The van der Waals surface area contributed by atoms with E-state index in [4.69, 9.17) is 0 Å². The third kappa shape index (κ3) is 2.78. The van der Waals surface area contributed by atoms with Crippen molar-refractivity contribution in [2.24, 2.45) is 0 Å². The second kappa shape index (κ2) is 6.26. The standard InChI is InChI=1S/C14H18N2O4S/c1-3-4-5-9(14(19)20)16-10(12-15-6-7-21-12)8(2)11(17)13(16)18/h6-7,9-10,17H,3-5H2,1-2H3,(H,19,20). The average molecular weight is 310 g/mol. The summed E-state index contributed by atoms with van der Waals surface area (Å²) >= 11 is 1.34. The summed E-state index contributed by atoms with van der Waals surface area (Å²) in [5, 5.41) is 21.8. The molecule has 0 aromatic carbocycles. The third-order valence-corrected chi connectivity index (χ3v) is 4.46. The van der Waals surface area contributed by atoms with E-state index < -0.39 is 24.0 Å². The molecule has 0 saturated heterocycles. The number of amides is 1. The van der Waals surface area contributed by atoms with E-state index in [9.17, 15) is 19.8 Å². The summed E-state index contributed by atoms with van der Waals surface area (Å²) in [7, 11) is 0. The van der Waals surface area contributed by atoms with Gasteiger partial charge in [-0.15, -0.1) is 11.3 Å². The SMILES string of the molecule is CCCCC(C(=O)O)N1C(=O)C(O)=C(C)C1c1nccs1. The van der Waals surface area contributed by atoms with E-state index in [0.29, 0.717) is 23.4 Å². The second-order valence-corrected chi connectivity index (χ2v) is 5.94. The van der Waals surface area contributed by atoms with Crippen molar-refractivity contribution in [3.05, 3.63) is 27.9 Å². The number of carbonyl (C=O) groups excluding carboxylic acids is 1. The molecule has 2 heterocycles. The van der Waals surface area contributed by atoms with Crippen LogP contribution in [0.3, 0.4) is 0 Å². The average Bonchev–Trinajstić information content (AvgIpc) is 3.03. The van der Waals surface area contributed by atoms with E-state index in [1.807, 2.05) is 6.92 Å². The van der Waals surface area contributed by atoms with Crippen LogP contribution in [-0.2, 0) is 9.59 Å². The zero-order valence-electron chi connectivity index (χ0n) is 11.9. The molecule has 1 aromatic rings. The molecule has 0 bridgehead atoms. The van der Waals surface area contributed by atoms with Crippen LogP contribution in [0.25, 0.3) is 0 Å². The van der Waals surface area contributed by atoms with Gasteiger partial charge in [-0.2, -0.15) is 0 Å². The van der Waals surface area contributed by atoms with Crippen molar-refractivity contribution < 1.29 is 19.8 Å². The Kier molecular flexibility index (Phi) is 4.62. The molecule has 0 radical (unpaired) electrons. The molecule has 2 rings (SSSR count). The molecule has 2 N–H and O–H groups in total. The lowest BCUT2D eigenvalue weighted by Gasteiger charge is -2.30. The van der Waals surface area contributed by atoms with Gasteiger partial charge in [-0.05, 0) is 13.3 Å². The van der Waals surface area contributed by atoms with Crippen LogP contribution in [-0.4, -0.2) is 38.0 Å². The molecule has 2 atom stereocenters. The maximum atomic E-state index is 12.3. The number of aliphatic hydroxyl groups is 1. The molecule has 1 amide bonds. The van der Waals surface area contributed by atoms with Crippen molar-refractivity contribution in [1.82, 2.24) is 9.88 Å². The molecule has 1 aliphatic heterocycles. The predicted octanol–water partition coefficient (Wildman–Crippen LogP) is 2.50. The summed E-state index contributed by atoms with van der Waals surface area (Å²) in [6.45, 7) is 3.60. The van der Waals surface area contributed by atoms with Crippen molar-refractivity contribution >= 4 is 23.2 Å². The van der Waals surface area contributed by atoms with Crippen LogP contribution in [0.4, 0.5) is 0 Å². The van der Waals surface area contributed by atoms with Gasteiger partial charge in [0.05, 0.1) is 0 Å². The van der Waals surface area contributed by atoms with Gasteiger partial charge in [0.1, 0.15) is 17.1 Å².